The van der Waals surface area contributed by atoms with E-state index in [1.165, 1.54) is 44.9 Å². The molecule has 5 rings (SSSR count). The molecular weight excluding hydrogens is 332 g/mol. The number of hydrogen-bond acceptors (Lipinski definition) is 2. The highest BCUT2D eigenvalue weighted by Gasteiger charge is 2.62. The minimum atomic E-state index is -0.0685. The summed E-state index contributed by atoms with van der Waals surface area (Å²) in [4.78, 5) is 13.0. The zero-order chi connectivity index (χ0) is 18.9. The van der Waals surface area contributed by atoms with Crippen LogP contribution in [0.5, 0.6) is 0 Å². The van der Waals surface area contributed by atoms with Crippen LogP contribution in [0.25, 0.3) is 0 Å². The Balaban J connectivity index is 1.48. The Kier molecular flexibility index (Phi) is 4.07. The number of ether oxygens (including phenoxy) is 1. The quantitative estimate of drug-likeness (QED) is 0.570. The molecule has 0 aromatic heterocycles. The van der Waals surface area contributed by atoms with Crippen LogP contribution in [0.15, 0.2) is 24.3 Å². The van der Waals surface area contributed by atoms with Crippen molar-refractivity contribution in [3.63, 3.8) is 0 Å². The first kappa shape index (κ1) is 18.2. The van der Waals surface area contributed by atoms with Gasteiger partial charge in [-0.25, -0.2) is 0 Å². The molecule has 4 aliphatic carbocycles. The molecule has 0 amide bonds. The van der Waals surface area contributed by atoms with E-state index in [4.69, 9.17) is 4.74 Å². The van der Waals surface area contributed by atoms with Gasteiger partial charge in [-0.05, 0) is 86.9 Å². The van der Waals surface area contributed by atoms with Crippen LogP contribution in [0.2, 0.25) is 0 Å². The van der Waals surface area contributed by atoms with Crippen LogP contribution >= 0.6 is 0 Å². The third-order valence-corrected chi connectivity index (χ3v) is 9.74. The summed E-state index contributed by atoms with van der Waals surface area (Å²) in [5.41, 5.74) is 2.13. The predicted molar refractivity (Wildman–Crippen MR) is 108 cm³/mol. The smallest absolute Gasteiger partial charge is 0.139 e. The highest BCUT2D eigenvalue weighted by molar-refractivity contribution is 5.87. The number of allylic oxidation sites excluding steroid dienone is 2. The molecule has 0 N–H and O–H groups in total. The Hall–Kier alpha value is -0.890. The van der Waals surface area contributed by atoms with Crippen LogP contribution in [-0.2, 0) is 9.53 Å². The number of carbonyl (C=O) groups excluding carboxylic acids is 1. The molecule has 2 nitrogen and oxygen atoms in total. The first-order valence-electron chi connectivity index (χ1n) is 11.4. The van der Waals surface area contributed by atoms with Gasteiger partial charge in [-0.15, -0.1) is 6.58 Å². The molecular formula is C25H36O2. The molecule has 1 saturated heterocycles. The van der Waals surface area contributed by atoms with E-state index in [-0.39, 0.29) is 11.0 Å². The second-order valence-corrected chi connectivity index (χ2v) is 10.9. The van der Waals surface area contributed by atoms with E-state index >= 15 is 0 Å². The average molecular weight is 369 g/mol. The third kappa shape index (κ3) is 2.44. The Morgan fingerprint density at radius 2 is 2.07 bits per heavy atom. The molecule has 0 aromatic rings. The van der Waals surface area contributed by atoms with E-state index in [9.17, 15) is 4.79 Å². The van der Waals surface area contributed by atoms with Crippen molar-refractivity contribution in [2.45, 2.75) is 83.7 Å². The standard InChI is InChI=1S/C25H36O2/c1-4-6-17-15-21(26)24(3)11-9-20-19(22(17)24)8-7-18-16-25(10-5-14-27-25)13-12-23(18,20)2/h4,7,17,19-20,22H,1,5-6,8-16H2,2-3H3/t17-,19?,20?,22?,23-,24+,25?/m0/s1. The Bertz CT molecular complexity index is 684. The van der Waals surface area contributed by atoms with Crippen molar-refractivity contribution in [3.05, 3.63) is 24.3 Å². The summed E-state index contributed by atoms with van der Waals surface area (Å²) in [6.45, 7) is 9.81. The Morgan fingerprint density at radius 3 is 2.81 bits per heavy atom. The zero-order valence-corrected chi connectivity index (χ0v) is 17.3. The molecule has 2 heteroatoms. The fourth-order valence-corrected chi connectivity index (χ4v) is 8.28. The van der Waals surface area contributed by atoms with Crippen molar-refractivity contribution in [3.8, 4) is 0 Å². The fraction of sp³-hybridized carbons (Fsp3) is 0.800. The van der Waals surface area contributed by atoms with Gasteiger partial charge >= 0.3 is 0 Å². The van der Waals surface area contributed by atoms with Crippen molar-refractivity contribution >= 4 is 5.78 Å². The lowest BCUT2D eigenvalue weighted by molar-refractivity contribution is -0.133. The highest BCUT2D eigenvalue weighted by atomic mass is 16.5. The summed E-state index contributed by atoms with van der Waals surface area (Å²) in [6.07, 6.45) is 16.2. The van der Waals surface area contributed by atoms with E-state index < -0.39 is 0 Å². The van der Waals surface area contributed by atoms with Crippen molar-refractivity contribution in [2.75, 3.05) is 6.61 Å². The monoisotopic (exact) mass is 368 g/mol. The van der Waals surface area contributed by atoms with Crippen LogP contribution in [-0.4, -0.2) is 18.0 Å². The molecule has 0 bridgehead atoms. The predicted octanol–water partition coefficient (Wildman–Crippen LogP) is 5.87. The molecule has 7 atom stereocenters. The number of rotatable bonds is 2. The van der Waals surface area contributed by atoms with Gasteiger partial charge in [0.1, 0.15) is 5.78 Å². The molecule has 3 saturated carbocycles. The first-order valence-corrected chi connectivity index (χ1v) is 11.4. The SMILES string of the molecule is C=CC[C@H]1CC(=O)[C@@]2(C)CCC3C(CC=C4CC5(CCCO5)CC[C@@]43C)C12. The summed E-state index contributed by atoms with van der Waals surface area (Å²) >= 11 is 0. The van der Waals surface area contributed by atoms with E-state index in [1.54, 1.807) is 5.57 Å². The van der Waals surface area contributed by atoms with Crippen LogP contribution in [0.1, 0.15) is 78.1 Å². The van der Waals surface area contributed by atoms with Crippen LogP contribution in [0, 0.1) is 34.5 Å². The maximum atomic E-state index is 13.0. The van der Waals surface area contributed by atoms with Crippen molar-refractivity contribution < 1.29 is 9.53 Å². The molecule has 27 heavy (non-hydrogen) atoms. The van der Waals surface area contributed by atoms with Crippen molar-refractivity contribution in [2.24, 2.45) is 34.5 Å². The molecule has 1 aliphatic heterocycles. The van der Waals surface area contributed by atoms with Gasteiger partial charge in [0.05, 0.1) is 5.60 Å². The number of Topliss-reactive ketones (excluding diaryl/α,β-unsaturated/α-hetero) is 1. The molecule has 5 aliphatic rings. The van der Waals surface area contributed by atoms with Gasteiger partial charge in [0.2, 0.25) is 0 Å². The minimum absolute atomic E-state index is 0.0685. The number of hydrogen-bond donors (Lipinski definition) is 0. The van der Waals surface area contributed by atoms with E-state index in [0.717, 1.165) is 31.8 Å². The lowest BCUT2D eigenvalue weighted by Gasteiger charge is -2.58. The Labute approximate surface area is 164 Å². The van der Waals surface area contributed by atoms with Crippen LogP contribution in [0.4, 0.5) is 0 Å². The second-order valence-electron chi connectivity index (χ2n) is 10.9. The average Bonchev–Trinajstić information content (AvgIpc) is 3.19. The second kappa shape index (κ2) is 6.05. The molecule has 1 heterocycles. The molecule has 148 valence electrons. The number of carbonyl (C=O) groups is 1. The number of ketones is 1. The molecule has 0 aromatic carbocycles. The van der Waals surface area contributed by atoms with E-state index in [2.05, 4.69) is 32.6 Å². The first-order chi connectivity index (χ1) is 12.9. The highest BCUT2D eigenvalue weighted by Crippen LogP contribution is 2.66. The van der Waals surface area contributed by atoms with Gasteiger partial charge in [0, 0.05) is 18.4 Å². The topological polar surface area (TPSA) is 26.3 Å². The van der Waals surface area contributed by atoms with Crippen molar-refractivity contribution in [1.82, 2.24) is 0 Å². The third-order valence-electron chi connectivity index (χ3n) is 9.74. The minimum Gasteiger partial charge on any atom is -0.375 e. The van der Waals surface area contributed by atoms with Gasteiger partial charge < -0.3 is 4.74 Å². The normalized spacial score (nSPS) is 51.5. The van der Waals surface area contributed by atoms with Gasteiger partial charge in [-0.2, -0.15) is 0 Å². The summed E-state index contributed by atoms with van der Waals surface area (Å²) in [5, 5.41) is 0. The molecule has 0 radical (unpaired) electrons. The zero-order valence-electron chi connectivity index (χ0n) is 17.3. The lowest BCUT2D eigenvalue weighted by Crippen LogP contribution is -2.53. The summed E-state index contributed by atoms with van der Waals surface area (Å²) in [7, 11) is 0. The van der Waals surface area contributed by atoms with Gasteiger partial charge in [-0.3, -0.25) is 4.79 Å². The number of fused-ring (bicyclic) bond motifs is 5. The summed E-state index contributed by atoms with van der Waals surface area (Å²) < 4.78 is 6.26. The van der Waals surface area contributed by atoms with Gasteiger partial charge in [0.15, 0.2) is 0 Å². The lowest BCUT2D eigenvalue weighted by atomic mass is 9.46. The molecule has 1 spiro atoms. The molecule has 4 fully saturated rings. The van der Waals surface area contributed by atoms with Crippen molar-refractivity contribution in [1.29, 1.82) is 0 Å². The van der Waals surface area contributed by atoms with Crippen LogP contribution in [0.3, 0.4) is 0 Å². The summed E-state index contributed by atoms with van der Waals surface area (Å²) in [6, 6.07) is 0. The van der Waals surface area contributed by atoms with Gasteiger partial charge in [-0.1, -0.05) is 31.6 Å². The molecule has 4 unspecified atom stereocenters. The Morgan fingerprint density at radius 1 is 1.22 bits per heavy atom. The summed E-state index contributed by atoms with van der Waals surface area (Å²) in [5.74, 6) is 3.08. The fourth-order valence-electron chi connectivity index (χ4n) is 8.28. The van der Waals surface area contributed by atoms with E-state index in [0.29, 0.717) is 29.0 Å². The maximum absolute atomic E-state index is 13.0. The van der Waals surface area contributed by atoms with E-state index in [1.807, 2.05) is 0 Å². The maximum Gasteiger partial charge on any atom is 0.139 e. The van der Waals surface area contributed by atoms with Crippen LogP contribution < -0.4 is 0 Å². The largest absolute Gasteiger partial charge is 0.375 e. The van der Waals surface area contributed by atoms with Gasteiger partial charge in [0.25, 0.3) is 0 Å².